The second-order valence-electron chi connectivity index (χ2n) is 6.14. The highest BCUT2D eigenvalue weighted by Crippen LogP contribution is 2.61. The van der Waals surface area contributed by atoms with E-state index in [0.29, 0.717) is 5.41 Å². The average Bonchev–Trinajstić information content (AvgIpc) is 2.99. The molecule has 17 heavy (non-hydrogen) atoms. The number of alkyl halides is 1. The van der Waals surface area contributed by atoms with Crippen molar-refractivity contribution in [3.05, 3.63) is 35.9 Å². The highest BCUT2D eigenvalue weighted by atomic mass is 35.5. The Balaban J connectivity index is 1.50. The van der Waals surface area contributed by atoms with Gasteiger partial charge < -0.3 is 0 Å². The van der Waals surface area contributed by atoms with Gasteiger partial charge in [-0.3, -0.25) is 0 Å². The van der Waals surface area contributed by atoms with E-state index in [4.69, 9.17) is 11.6 Å². The second kappa shape index (κ2) is 4.65. The van der Waals surface area contributed by atoms with E-state index < -0.39 is 0 Å². The lowest BCUT2D eigenvalue weighted by Crippen LogP contribution is -2.21. The van der Waals surface area contributed by atoms with Gasteiger partial charge in [-0.15, -0.1) is 11.6 Å². The Morgan fingerprint density at radius 1 is 1.12 bits per heavy atom. The highest BCUT2D eigenvalue weighted by molar-refractivity contribution is 6.18. The van der Waals surface area contributed by atoms with Crippen molar-refractivity contribution in [2.45, 2.75) is 38.5 Å². The molecule has 1 aromatic rings. The fourth-order valence-corrected chi connectivity index (χ4v) is 4.05. The molecule has 0 N–H and O–H groups in total. The Kier molecular flexibility index (Phi) is 3.17. The van der Waals surface area contributed by atoms with E-state index in [1.807, 2.05) is 0 Å². The molecule has 2 unspecified atom stereocenters. The van der Waals surface area contributed by atoms with Gasteiger partial charge in [0.2, 0.25) is 0 Å². The van der Waals surface area contributed by atoms with Gasteiger partial charge in [0.05, 0.1) is 0 Å². The third-order valence-electron chi connectivity index (χ3n) is 4.76. The fraction of sp³-hybridized carbons (Fsp3) is 0.625. The maximum absolute atomic E-state index is 6.23. The van der Waals surface area contributed by atoms with Crippen LogP contribution in [-0.2, 0) is 6.42 Å². The van der Waals surface area contributed by atoms with E-state index in [2.05, 4.69) is 30.3 Å². The summed E-state index contributed by atoms with van der Waals surface area (Å²) in [6.45, 7) is 0. The summed E-state index contributed by atoms with van der Waals surface area (Å²) in [5.41, 5.74) is 1.98. The molecule has 1 aromatic carbocycles. The Hall–Kier alpha value is -0.490. The van der Waals surface area contributed by atoms with Crippen LogP contribution in [0.4, 0.5) is 0 Å². The molecule has 0 heterocycles. The molecule has 3 rings (SSSR count). The SMILES string of the molecule is ClCC1(CCCc2ccccc2)CC2CC2C1. The summed E-state index contributed by atoms with van der Waals surface area (Å²) < 4.78 is 0. The van der Waals surface area contributed by atoms with E-state index >= 15 is 0 Å². The molecular weight excluding hydrogens is 228 g/mol. The van der Waals surface area contributed by atoms with Crippen LogP contribution in [0.2, 0.25) is 0 Å². The first-order valence-electron chi connectivity index (χ1n) is 6.91. The largest absolute Gasteiger partial charge is 0.126 e. The van der Waals surface area contributed by atoms with E-state index in [1.165, 1.54) is 44.1 Å². The van der Waals surface area contributed by atoms with Crippen LogP contribution in [0.5, 0.6) is 0 Å². The summed E-state index contributed by atoms with van der Waals surface area (Å²) >= 11 is 6.23. The van der Waals surface area contributed by atoms with Crippen LogP contribution >= 0.6 is 11.6 Å². The van der Waals surface area contributed by atoms with Crippen molar-refractivity contribution in [2.24, 2.45) is 17.3 Å². The number of benzene rings is 1. The zero-order valence-corrected chi connectivity index (χ0v) is 11.1. The Morgan fingerprint density at radius 2 is 1.82 bits per heavy atom. The quantitative estimate of drug-likeness (QED) is 0.665. The smallest absolute Gasteiger partial charge is 0.0280 e. The van der Waals surface area contributed by atoms with Crippen molar-refractivity contribution in [1.29, 1.82) is 0 Å². The predicted octanol–water partition coefficient (Wildman–Crippen LogP) is 4.66. The number of aryl methyl sites for hydroxylation is 1. The van der Waals surface area contributed by atoms with Crippen molar-refractivity contribution < 1.29 is 0 Å². The van der Waals surface area contributed by atoms with E-state index in [1.54, 1.807) is 0 Å². The number of rotatable bonds is 5. The summed E-state index contributed by atoms with van der Waals surface area (Å²) in [5, 5.41) is 0. The van der Waals surface area contributed by atoms with Crippen molar-refractivity contribution in [1.82, 2.24) is 0 Å². The molecule has 2 aliphatic rings. The Labute approximate surface area is 109 Å². The molecule has 0 amide bonds. The molecule has 0 aliphatic heterocycles. The zero-order chi connectivity index (χ0) is 11.7. The fourth-order valence-electron chi connectivity index (χ4n) is 3.70. The lowest BCUT2D eigenvalue weighted by atomic mass is 9.80. The second-order valence-corrected chi connectivity index (χ2v) is 6.40. The molecule has 2 atom stereocenters. The van der Waals surface area contributed by atoms with Gasteiger partial charge >= 0.3 is 0 Å². The standard InChI is InChI=1S/C16H21Cl/c17-12-16(10-14-9-15(14)11-16)8-4-7-13-5-2-1-3-6-13/h1-3,5-6,14-15H,4,7-12H2. The molecule has 0 spiro atoms. The van der Waals surface area contributed by atoms with Crippen LogP contribution in [0.1, 0.15) is 37.7 Å². The van der Waals surface area contributed by atoms with E-state index in [0.717, 1.165) is 17.7 Å². The molecule has 2 fully saturated rings. The first kappa shape index (κ1) is 11.6. The molecule has 0 saturated heterocycles. The minimum Gasteiger partial charge on any atom is -0.126 e. The molecule has 0 aromatic heterocycles. The third kappa shape index (κ3) is 2.52. The number of hydrogen-bond acceptors (Lipinski definition) is 0. The van der Waals surface area contributed by atoms with Crippen LogP contribution in [0, 0.1) is 17.3 Å². The average molecular weight is 249 g/mol. The van der Waals surface area contributed by atoms with Gasteiger partial charge in [0.1, 0.15) is 0 Å². The summed E-state index contributed by atoms with van der Waals surface area (Å²) in [7, 11) is 0. The number of hydrogen-bond donors (Lipinski definition) is 0. The first-order valence-corrected chi connectivity index (χ1v) is 7.45. The van der Waals surface area contributed by atoms with Crippen LogP contribution in [-0.4, -0.2) is 5.88 Å². The highest BCUT2D eigenvalue weighted by Gasteiger charge is 2.52. The number of fused-ring (bicyclic) bond motifs is 1. The van der Waals surface area contributed by atoms with Gasteiger partial charge in [0, 0.05) is 5.88 Å². The lowest BCUT2D eigenvalue weighted by molar-refractivity contribution is 0.273. The Morgan fingerprint density at radius 3 is 2.47 bits per heavy atom. The van der Waals surface area contributed by atoms with E-state index in [9.17, 15) is 0 Å². The molecule has 92 valence electrons. The van der Waals surface area contributed by atoms with Crippen LogP contribution in [0.25, 0.3) is 0 Å². The predicted molar refractivity (Wildman–Crippen MR) is 73.4 cm³/mol. The molecule has 2 aliphatic carbocycles. The summed E-state index contributed by atoms with van der Waals surface area (Å²) in [5.74, 6) is 2.98. The molecule has 0 radical (unpaired) electrons. The van der Waals surface area contributed by atoms with Crippen molar-refractivity contribution in [3.8, 4) is 0 Å². The molecule has 0 nitrogen and oxygen atoms in total. The normalized spacial score (nSPS) is 34.6. The third-order valence-corrected chi connectivity index (χ3v) is 5.33. The van der Waals surface area contributed by atoms with Crippen molar-refractivity contribution in [2.75, 3.05) is 5.88 Å². The molecule has 2 saturated carbocycles. The van der Waals surface area contributed by atoms with Gasteiger partial charge in [-0.2, -0.15) is 0 Å². The van der Waals surface area contributed by atoms with Gasteiger partial charge in [-0.25, -0.2) is 0 Å². The topological polar surface area (TPSA) is 0 Å². The van der Waals surface area contributed by atoms with Gasteiger partial charge in [0.25, 0.3) is 0 Å². The first-order chi connectivity index (χ1) is 8.31. The minimum absolute atomic E-state index is 0.504. The van der Waals surface area contributed by atoms with Gasteiger partial charge in [-0.1, -0.05) is 30.3 Å². The summed E-state index contributed by atoms with van der Waals surface area (Å²) in [4.78, 5) is 0. The maximum atomic E-state index is 6.23. The monoisotopic (exact) mass is 248 g/mol. The maximum Gasteiger partial charge on any atom is 0.0280 e. The molecular formula is C16H21Cl. The van der Waals surface area contributed by atoms with Gasteiger partial charge in [0.15, 0.2) is 0 Å². The van der Waals surface area contributed by atoms with Crippen molar-refractivity contribution in [3.63, 3.8) is 0 Å². The van der Waals surface area contributed by atoms with Crippen LogP contribution in [0.15, 0.2) is 30.3 Å². The van der Waals surface area contributed by atoms with E-state index in [-0.39, 0.29) is 0 Å². The van der Waals surface area contributed by atoms with Crippen LogP contribution < -0.4 is 0 Å². The van der Waals surface area contributed by atoms with Gasteiger partial charge in [-0.05, 0) is 61.3 Å². The Bertz CT molecular complexity index is 360. The molecule has 0 bridgehead atoms. The minimum atomic E-state index is 0.504. The lowest BCUT2D eigenvalue weighted by Gasteiger charge is -2.28. The summed E-state index contributed by atoms with van der Waals surface area (Å²) in [6.07, 6.45) is 8.17. The molecule has 1 heteroatoms. The van der Waals surface area contributed by atoms with Crippen molar-refractivity contribution >= 4 is 11.6 Å². The summed E-state index contributed by atoms with van der Waals surface area (Å²) in [6, 6.07) is 10.8. The zero-order valence-electron chi connectivity index (χ0n) is 10.4. The van der Waals surface area contributed by atoms with Crippen LogP contribution in [0.3, 0.4) is 0 Å². The number of halogens is 1.